The van der Waals surface area contributed by atoms with Crippen LogP contribution in [0.2, 0.25) is 5.02 Å². The first-order chi connectivity index (χ1) is 71.7. The van der Waals surface area contributed by atoms with Crippen LogP contribution in [0.25, 0.3) is 89.3 Å². The quantitative estimate of drug-likeness (QED) is 0.0355. The summed E-state index contributed by atoms with van der Waals surface area (Å²) >= 11 is 6.92. The molecule has 0 aliphatic rings. The number of halogens is 1. The molecule has 0 atom stereocenters. The van der Waals surface area contributed by atoms with Crippen molar-refractivity contribution in [1.29, 1.82) is 0 Å². The van der Waals surface area contributed by atoms with Gasteiger partial charge in [0.15, 0.2) is 0 Å². The summed E-state index contributed by atoms with van der Waals surface area (Å²) in [5, 5.41) is 0.588. The van der Waals surface area contributed by atoms with Crippen molar-refractivity contribution in [2.75, 3.05) is 0 Å². The molecule has 0 fully saturated rings. The first-order valence-electron chi connectivity index (χ1n) is 52.1. The number of aryl methyl sites for hydroxylation is 2. The molecular formula is C54H39B87ClN2. The zero-order valence-electron chi connectivity index (χ0n) is 91.3. The van der Waals surface area contributed by atoms with Crippen molar-refractivity contribution in [3.05, 3.63) is 216 Å². The molecule has 9 aromatic rings. The Kier molecular flexibility index (Phi) is 46.3. The fourth-order valence-electron chi connectivity index (χ4n) is 22.8. The number of hydrogen-bond acceptors (Lipinski definition) is 2. The van der Waals surface area contributed by atoms with Gasteiger partial charge in [-0.1, -0.05) is 169 Å². The van der Waals surface area contributed by atoms with Crippen molar-refractivity contribution < 1.29 is 13.7 Å². The van der Waals surface area contributed by atoms with Gasteiger partial charge >= 0.3 is 0 Å². The number of benzene rings is 7. The van der Waals surface area contributed by atoms with E-state index in [1.54, 1.807) is 12.4 Å². The number of nitrogens with zero attached hydrogens (tertiary/aromatic N) is 2. The average Bonchev–Trinajstić information content (AvgIpc) is 0.707. The molecule has 0 aliphatic heterocycles. The Morgan fingerprint density at radius 1 is 0.208 bits per heavy atom. The lowest BCUT2D eigenvalue weighted by Crippen LogP contribution is -3.00. The van der Waals surface area contributed by atoms with Gasteiger partial charge in [0.05, 0.1) is 25.1 Å². The van der Waals surface area contributed by atoms with Crippen molar-refractivity contribution in [3.8, 4) is 89.3 Å². The third-order valence-electron chi connectivity index (χ3n) is 28.6. The molecule has 0 aliphatic carbocycles. The van der Waals surface area contributed by atoms with E-state index in [-0.39, 0.29) is 59.5 Å². The fourth-order valence-corrected chi connectivity index (χ4v) is 23.0. The molecule has 7 aromatic carbocycles. The van der Waals surface area contributed by atoms with Crippen molar-refractivity contribution in [3.63, 3.8) is 0 Å². The second kappa shape index (κ2) is 59.2. The first kappa shape index (κ1) is 112. The molecule has 0 saturated carbocycles. The predicted molar refractivity (Wildman–Crippen MR) is 741 cm³/mol. The molecule has 89 radical (unpaired) electrons. The molecule has 0 bridgehead atoms. The number of pyridine rings is 2. The van der Waals surface area contributed by atoms with Gasteiger partial charge in [-0.05, 0) is 111 Å². The van der Waals surface area contributed by atoms with Crippen LogP contribution < -0.4 is 0 Å². The number of aromatic nitrogens is 2. The first-order valence-corrected chi connectivity index (χ1v) is 47.5. The maximum Gasteiger partial charge on any atom is 0.0705 e. The van der Waals surface area contributed by atoms with Gasteiger partial charge in [0.2, 0.25) is 0 Å². The Morgan fingerprint density at radius 2 is 0.389 bits per heavy atom. The molecule has 2 nitrogen and oxygen atoms in total. The normalized spacial score (nSPS) is 11.3. The Hall–Kier alpha value is -1.22. The zero-order valence-corrected chi connectivity index (χ0v) is 82.0. The van der Waals surface area contributed by atoms with E-state index < -0.39 is 280 Å². The molecule has 0 saturated heterocycles. The van der Waals surface area contributed by atoms with E-state index >= 15 is 0 Å². The SMILES string of the molecule is [2H]c1c([2H])c([2H])c(-c2cnc(-c3ccc(-c4ccccc4-c4cc(Cl)cc(-c5ccccc5-c5ccc(-c6cc(C)c(-c7c([2H])c([2H])c([2H])c([2H])c7[2H])cn6)cc5)c4)cc3)cc2C)c([2H])c1[2H].[B][B]B([B])B(B([B])[B])B(B(B(B([B])[B])B([B])[B])B(B([B])[B])B([B])[B])B(B(B(B(B([B])[B])B([B])[B])B(B([B])[B])B([B])[B])B(B(B([B])[B])B([B])[B])B(B([B])[B])B([B])[B])B(B(B(B([B])[B])B([B])[B])B(B([B])[B])B([B])[B])B(B(B([B])[B])B([B])[B])B(B([B])[B])B([B])[B]. The molecule has 0 amide bonds. The summed E-state index contributed by atoms with van der Waals surface area (Å²) in [7, 11) is 307. The van der Waals surface area contributed by atoms with E-state index in [0.717, 1.165) is 73.8 Å². The van der Waals surface area contributed by atoms with Gasteiger partial charge in [0.1, 0.15) is 0 Å². The Morgan fingerprint density at radius 3 is 0.576 bits per heavy atom. The predicted octanol–water partition coefficient (Wildman–Crippen LogP) is -18.0. The second-order valence-electron chi connectivity index (χ2n) is 38.2. The van der Waals surface area contributed by atoms with Gasteiger partial charge in [0, 0.05) is 655 Å². The van der Waals surface area contributed by atoms with Gasteiger partial charge in [-0.15, -0.1) is 0 Å². The standard InChI is InChI=1S/C54H39ClN2.B87/c1-36-29-53(56-34-51(36)38-13-5-3-6-14-38)42-25-21-40(22-26-42)47-17-9-11-19-49(47)44-31-45(33-46(55)32-44)50-20-12-10-18-48(50)41-23-27-43(28-24-41)54-30-37(2)52(35-57-54)39-15-7-4-8-16-39;1-45-67(44)78(66(42)43)84(79(68(46(2)3)47(4)5)69(48(6)7)49(8)9)87(85(80(70(50(10)11)51(12)13)71(52(14)15)53(16)17)81(72(54(18)19)55(20)21)73(56(22)23)57(24)25)86(82(74(58(26)27)59(28)29)75(60(30)31)61(32)33)83(76(62(34)35)63(36)37)77(64(38)39)65(40)41/h3-35H,1-2H3;/i3D,4D,5D,6D,7D,8D,13D,14D,15D,16D;. The minimum atomic E-state index is -2.05. The van der Waals surface area contributed by atoms with Gasteiger partial charge in [0.25, 0.3) is 0 Å². The smallest absolute Gasteiger partial charge is 0.0705 e. The van der Waals surface area contributed by atoms with Crippen LogP contribution in [0.5, 0.6) is 0 Å². The van der Waals surface area contributed by atoms with Gasteiger partial charge in [-0.3, -0.25) is 9.97 Å². The van der Waals surface area contributed by atoms with Crippen LogP contribution in [0.1, 0.15) is 24.8 Å². The summed E-state index contributed by atoms with van der Waals surface area (Å²) in [4.78, 5) is 9.32. The summed E-state index contributed by atoms with van der Waals surface area (Å²) in [6, 6.07) is 38.9. The molecular weight excluding hydrogens is 1650 g/mol. The third kappa shape index (κ3) is 32.1. The summed E-state index contributed by atoms with van der Waals surface area (Å²) < 4.78 is 82.1. The van der Waals surface area contributed by atoms with Crippen LogP contribution in [0.15, 0.2) is 200 Å². The van der Waals surface area contributed by atoms with E-state index in [0.29, 0.717) is 27.5 Å². The average molecular weight is 1700 g/mol. The monoisotopic (exact) mass is 1720 g/mol. The maximum atomic E-state index is 8.44. The fraction of sp³-hybridized carbons (Fsp3) is 0.0370. The van der Waals surface area contributed by atoms with E-state index in [2.05, 4.69) is 40.3 Å². The Labute approximate surface area is 961 Å². The number of hydrogen-bond donors (Lipinski definition) is 0. The Balaban J connectivity index is 0.000000384. The van der Waals surface area contributed by atoms with Crippen molar-refractivity contribution in [1.82, 2.24) is 9.97 Å². The summed E-state index contributed by atoms with van der Waals surface area (Å²) in [6.07, 6.45) is -70.1. The van der Waals surface area contributed by atoms with E-state index in [9.17, 15) is 0 Å². The van der Waals surface area contributed by atoms with Crippen molar-refractivity contribution in [2.45, 2.75) is 13.8 Å². The second-order valence-corrected chi connectivity index (χ2v) is 38.6. The molecule has 0 unspecified atom stereocenters. The van der Waals surface area contributed by atoms with Crippen LogP contribution in [-0.2, 0) is 0 Å². The molecule has 533 valence electrons. The van der Waals surface area contributed by atoms with Crippen LogP contribution in [0.3, 0.4) is 0 Å². The van der Waals surface area contributed by atoms with Crippen LogP contribution in [0, 0.1) is 13.8 Å². The minimum Gasteiger partial charge on any atom is -0.256 e. The topological polar surface area (TPSA) is 25.8 Å². The highest BCUT2D eigenvalue weighted by Crippen LogP contribution is 2.42. The molecule has 0 N–H and O–H groups in total. The molecule has 144 heavy (non-hydrogen) atoms. The summed E-state index contributed by atoms with van der Waals surface area (Å²) in [6.45, 7) is 3.69. The van der Waals surface area contributed by atoms with E-state index in [1.165, 1.54) is 0 Å². The molecule has 0 spiro atoms. The van der Waals surface area contributed by atoms with Crippen molar-refractivity contribution in [2.24, 2.45) is 0 Å². The van der Waals surface area contributed by atoms with Crippen LogP contribution >= 0.6 is 11.6 Å². The van der Waals surface area contributed by atoms with Gasteiger partial charge < -0.3 is 0 Å². The number of rotatable bonds is 50. The minimum absolute atomic E-state index is 0.129. The summed E-state index contributed by atoms with van der Waals surface area (Å²) in [5.41, 5.74) is 13.7. The lowest BCUT2D eigenvalue weighted by molar-refractivity contribution is 1.29. The highest BCUT2D eigenvalue weighted by atomic mass is 35.5. The van der Waals surface area contributed by atoms with Crippen LogP contribution in [-0.4, -0.2) is 626 Å². The van der Waals surface area contributed by atoms with Crippen molar-refractivity contribution >= 4 is 627 Å². The zero-order chi connectivity index (χ0) is 116. The maximum absolute atomic E-state index is 8.44. The summed E-state index contributed by atoms with van der Waals surface area (Å²) in [5.74, 6) is 0. The van der Waals surface area contributed by atoms with E-state index in [1.807, 2.05) is 111 Å². The molecule has 2 heterocycles. The van der Waals surface area contributed by atoms with E-state index in [4.69, 9.17) is 366 Å². The molecule has 2 aromatic heterocycles. The third-order valence-corrected chi connectivity index (χ3v) is 28.8. The van der Waals surface area contributed by atoms with Gasteiger partial charge in [-0.2, -0.15) is 0 Å². The lowest BCUT2D eigenvalue weighted by Gasteiger charge is -2.62. The highest BCUT2D eigenvalue weighted by Gasteiger charge is 2.67. The molecule has 90 heteroatoms. The Bertz CT molecular complexity index is 5360. The van der Waals surface area contributed by atoms with Crippen LogP contribution in [0.4, 0.5) is 0 Å². The van der Waals surface area contributed by atoms with Gasteiger partial charge in [-0.25, -0.2) is 0 Å². The molecule has 9 rings (SSSR count). The lowest BCUT2D eigenvalue weighted by atomic mass is 8.19. The highest BCUT2D eigenvalue weighted by molar-refractivity contribution is 8.42. The largest absolute Gasteiger partial charge is 0.256 e.